The predicted molar refractivity (Wildman–Crippen MR) is 59.2 cm³/mol. The van der Waals surface area contributed by atoms with Crippen molar-refractivity contribution in [1.29, 1.82) is 0 Å². The summed E-state index contributed by atoms with van der Waals surface area (Å²) >= 11 is 1.13. The Bertz CT molecular complexity index is 372. The Balaban J connectivity index is 2.03. The molecule has 0 aromatic carbocycles. The average molecular weight is 244 g/mol. The molecule has 1 saturated heterocycles. The van der Waals surface area contributed by atoms with Gasteiger partial charge in [-0.1, -0.05) is 11.8 Å². The summed E-state index contributed by atoms with van der Waals surface area (Å²) in [6.45, 7) is 0. The molecule has 0 aromatic heterocycles. The van der Waals surface area contributed by atoms with Crippen molar-refractivity contribution in [3.8, 4) is 0 Å². The molecule has 0 bridgehead atoms. The highest BCUT2D eigenvalue weighted by atomic mass is 32.2. The summed E-state index contributed by atoms with van der Waals surface area (Å²) < 4.78 is 0. The van der Waals surface area contributed by atoms with E-state index in [2.05, 4.69) is 10.3 Å². The first-order chi connectivity index (χ1) is 7.50. The number of amides is 2. The van der Waals surface area contributed by atoms with Crippen LogP contribution < -0.4 is 5.32 Å². The van der Waals surface area contributed by atoms with E-state index in [9.17, 15) is 9.59 Å². The molecule has 2 N–H and O–H groups in total. The topological polar surface area (TPSA) is 85.2 Å². The molecule has 2 heterocycles. The van der Waals surface area contributed by atoms with Crippen LogP contribution in [0.1, 0.15) is 0 Å². The molecule has 8 heteroatoms. The van der Waals surface area contributed by atoms with Crippen molar-refractivity contribution in [2.75, 3.05) is 19.8 Å². The molecule has 0 aromatic rings. The van der Waals surface area contributed by atoms with Gasteiger partial charge in [0, 0.05) is 14.1 Å². The number of amidine groups is 1. The van der Waals surface area contributed by atoms with Crippen LogP contribution in [-0.2, 0) is 4.79 Å². The number of carboxylic acids is 1. The molecule has 0 radical (unpaired) electrons. The van der Waals surface area contributed by atoms with E-state index in [4.69, 9.17) is 5.11 Å². The van der Waals surface area contributed by atoms with E-state index in [1.807, 2.05) is 0 Å². The summed E-state index contributed by atoms with van der Waals surface area (Å²) in [5.41, 5.74) is 0. The smallest absolute Gasteiger partial charge is 0.323 e. The van der Waals surface area contributed by atoms with Crippen molar-refractivity contribution in [1.82, 2.24) is 15.1 Å². The maximum Gasteiger partial charge on any atom is 0.323 e. The first-order valence-corrected chi connectivity index (χ1v) is 5.68. The van der Waals surface area contributed by atoms with Gasteiger partial charge in [0.15, 0.2) is 11.3 Å². The van der Waals surface area contributed by atoms with Crippen LogP contribution in [0, 0.1) is 0 Å². The molecule has 1 fully saturated rings. The van der Waals surface area contributed by atoms with Gasteiger partial charge < -0.3 is 20.2 Å². The van der Waals surface area contributed by atoms with Gasteiger partial charge in [0.2, 0.25) is 0 Å². The maximum absolute atomic E-state index is 11.5. The molecule has 2 aliphatic rings. The quantitative estimate of drug-likeness (QED) is 0.678. The fraction of sp³-hybridized carbons (Fsp3) is 0.625. The third kappa shape index (κ3) is 1.69. The Labute approximate surface area is 96.5 Å². The molecule has 88 valence electrons. The molecule has 7 nitrogen and oxygen atoms in total. The number of carboxylic acid groups (broad SMARTS) is 1. The van der Waals surface area contributed by atoms with Gasteiger partial charge in [-0.2, -0.15) is 0 Å². The van der Waals surface area contributed by atoms with E-state index in [-0.39, 0.29) is 24.1 Å². The molecular weight excluding hydrogens is 232 g/mol. The summed E-state index contributed by atoms with van der Waals surface area (Å²) in [5, 5.41) is 12.1. The highest BCUT2D eigenvalue weighted by Gasteiger charge is 2.45. The number of aliphatic imine (C=N–C) groups is 1. The Morgan fingerprint density at radius 1 is 1.56 bits per heavy atom. The molecule has 0 unspecified atom stereocenters. The van der Waals surface area contributed by atoms with Gasteiger partial charge in [0.1, 0.15) is 6.17 Å². The van der Waals surface area contributed by atoms with E-state index >= 15 is 0 Å². The van der Waals surface area contributed by atoms with Crippen molar-refractivity contribution in [3.63, 3.8) is 0 Å². The fourth-order valence-corrected chi connectivity index (χ4v) is 2.36. The second-order valence-corrected chi connectivity index (χ2v) is 4.59. The van der Waals surface area contributed by atoms with E-state index in [1.165, 1.54) is 4.90 Å². The molecule has 2 rings (SSSR count). The highest BCUT2D eigenvalue weighted by Crippen LogP contribution is 2.25. The predicted octanol–water partition coefficient (Wildman–Crippen LogP) is -0.587. The minimum absolute atomic E-state index is 0.0351. The summed E-state index contributed by atoms with van der Waals surface area (Å²) in [6.07, 6.45) is -0.442. The van der Waals surface area contributed by atoms with Gasteiger partial charge in [0.25, 0.3) is 0 Å². The minimum atomic E-state index is -0.885. The third-order valence-corrected chi connectivity index (χ3v) is 3.44. The van der Waals surface area contributed by atoms with Crippen LogP contribution in [0.25, 0.3) is 0 Å². The standard InChI is InChI=1S/C8H12N4O3S/c1-11-5-6(12(2)8(11)15)10-7(9-5)16-3-4(13)14/h5-6H,3H2,1-2H3,(H,9,10)(H,13,14)/t5-,6-/m0/s1. The number of fused-ring (bicyclic) bond motifs is 1. The van der Waals surface area contributed by atoms with E-state index < -0.39 is 5.97 Å². The van der Waals surface area contributed by atoms with Gasteiger partial charge >= 0.3 is 12.0 Å². The number of carbonyl (C=O) groups is 2. The Morgan fingerprint density at radius 2 is 2.25 bits per heavy atom. The van der Waals surface area contributed by atoms with Gasteiger partial charge in [0.05, 0.1) is 5.75 Å². The molecule has 2 amide bonds. The number of carbonyl (C=O) groups excluding carboxylic acids is 1. The van der Waals surface area contributed by atoms with Crippen LogP contribution in [0.2, 0.25) is 0 Å². The van der Waals surface area contributed by atoms with E-state index in [1.54, 1.807) is 19.0 Å². The summed E-state index contributed by atoms with van der Waals surface area (Å²) in [6, 6.07) is -0.0893. The molecule has 0 spiro atoms. The normalized spacial score (nSPS) is 27.9. The largest absolute Gasteiger partial charge is 0.481 e. The minimum Gasteiger partial charge on any atom is -0.481 e. The average Bonchev–Trinajstić information content (AvgIpc) is 2.73. The zero-order chi connectivity index (χ0) is 11.9. The number of nitrogens with zero attached hydrogens (tertiary/aromatic N) is 3. The molecule has 16 heavy (non-hydrogen) atoms. The molecule has 0 aliphatic carbocycles. The Hall–Kier alpha value is -1.44. The van der Waals surface area contributed by atoms with Crippen LogP contribution in [-0.4, -0.2) is 64.3 Å². The number of rotatable bonds is 2. The summed E-state index contributed by atoms with van der Waals surface area (Å²) in [4.78, 5) is 29.3. The number of hydrogen-bond acceptors (Lipinski definition) is 5. The van der Waals surface area contributed by atoms with Crippen molar-refractivity contribution < 1.29 is 14.7 Å². The van der Waals surface area contributed by atoms with Crippen molar-refractivity contribution in [2.45, 2.75) is 12.3 Å². The molecule has 0 saturated carbocycles. The molecular formula is C8H12N4O3S. The van der Waals surface area contributed by atoms with E-state index in [0.717, 1.165) is 11.8 Å². The first-order valence-electron chi connectivity index (χ1n) is 4.69. The van der Waals surface area contributed by atoms with Crippen molar-refractivity contribution in [2.24, 2.45) is 4.99 Å². The number of hydrogen-bond donors (Lipinski definition) is 2. The molecule has 2 atom stereocenters. The second kappa shape index (κ2) is 3.85. The van der Waals surface area contributed by atoms with Gasteiger partial charge in [-0.25, -0.2) is 9.79 Å². The monoisotopic (exact) mass is 244 g/mol. The number of likely N-dealkylation sites (N-methyl/N-ethyl adjacent to an activating group) is 2. The Morgan fingerprint density at radius 3 is 2.81 bits per heavy atom. The van der Waals surface area contributed by atoms with Crippen LogP contribution >= 0.6 is 11.8 Å². The number of thioether (sulfide) groups is 1. The summed E-state index contributed by atoms with van der Waals surface area (Å²) in [7, 11) is 3.37. The second-order valence-electron chi connectivity index (χ2n) is 3.62. The van der Waals surface area contributed by atoms with Crippen LogP contribution in [0.4, 0.5) is 4.79 Å². The number of aliphatic carboxylic acids is 1. The van der Waals surface area contributed by atoms with Crippen LogP contribution in [0.3, 0.4) is 0 Å². The van der Waals surface area contributed by atoms with Crippen LogP contribution in [0.5, 0.6) is 0 Å². The molecule has 2 aliphatic heterocycles. The van der Waals surface area contributed by atoms with Gasteiger partial charge in [-0.15, -0.1) is 0 Å². The lowest BCUT2D eigenvalue weighted by atomic mass is 10.4. The lowest BCUT2D eigenvalue weighted by Gasteiger charge is -2.16. The van der Waals surface area contributed by atoms with Gasteiger partial charge in [-0.05, 0) is 0 Å². The Kier molecular flexibility index (Phi) is 2.66. The maximum atomic E-state index is 11.5. The summed E-state index contributed by atoms with van der Waals surface area (Å²) in [5.74, 6) is -0.920. The fourth-order valence-electron chi connectivity index (χ4n) is 1.71. The number of urea groups is 1. The number of nitrogens with one attached hydrogen (secondary N) is 1. The first kappa shape index (κ1) is 11.1. The zero-order valence-corrected chi connectivity index (χ0v) is 9.69. The lowest BCUT2D eigenvalue weighted by Crippen LogP contribution is -2.42. The lowest BCUT2D eigenvalue weighted by molar-refractivity contribution is -0.133. The van der Waals surface area contributed by atoms with Crippen molar-refractivity contribution in [3.05, 3.63) is 0 Å². The highest BCUT2D eigenvalue weighted by molar-refractivity contribution is 8.14. The SMILES string of the molecule is CN1C(=O)N(C)[C@@H]2NC(SCC(=O)O)=N[C@H]21. The van der Waals surface area contributed by atoms with Crippen molar-refractivity contribution >= 4 is 28.9 Å². The zero-order valence-electron chi connectivity index (χ0n) is 8.88. The van der Waals surface area contributed by atoms with Gasteiger partial charge in [-0.3, -0.25) is 4.79 Å². The van der Waals surface area contributed by atoms with Crippen LogP contribution in [0.15, 0.2) is 4.99 Å². The van der Waals surface area contributed by atoms with E-state index in [0.29, 0.717) is 5.17 Å². The third-order valence-electron chi connectivity index (χ3n) is 2.55.